The summed E-state index contributed by atoms with van der Waals surface area (Å²) in [5, 5.41) is 0. The number of ether oxygens (including phenoxy) is 1. The lowest BCUT2D eigenvalue weighted by atomic mass is 9.74. The molecular formula is C27H35N4O3+. The molecule has 2 atom stereocenters. The lowest BCUT2D eigenvalue weighted by molar-refractivity contribution is -0.965. The van der Waals surface area contributed by atoms with Crippen LogP contribution in [0.15, 0.2) is 48.9 Å². The fraction of sp³-hybridized carbons (Fsp3) is 0.556. The number of primary amides is 1. The van der Waals surface area contributed by atoms with Crippen molar-refractivity contribution in [2.75, 3.05) is 19.6 Å². The van der Waals surface area contributed by atoms with Gasteiger partial charge in [-0.15, -0.1) is 0 Å². The van der Waals surface area contributed by atoms with E-state index >= 15 is 0 Å². The number of carbonyl (C=O) groups is 2. The van der Waals surface area contributed by atoms with Gasteiger partial charge in [0.1, 0.15) is 18.6 Å². The number of quaternary nitrogens is 1. The Morgan fingerprint density at radius 2 is 1.74 bits per heavy atom. The van der Waals surface area contributed by atoms with E-state index in [9.17, 15) is 9.59 Å². The van der Waals surface area contributed by atoms with Crippen molar-refractivity contribution in [3.63, 3.8) is 0 Å². The van der Waals surface area contributed by atoms with Crippen LogP contribution in [0.25, 0.3) is 0 Å². The van der Waals surface area contributed by atoms with Gasteiger partial charge in [-0.1, -0.05) is 56.0 Å². The average Bonchev–Trinajstić information content (AvgIpc) is 3.13. The second-order valence-electron chi connectivity index (χ2n) is 10.4. The van der Waals surface area contributed by atoms with E-state index in [1.165, 1.54) is 6.33 Å². The van der Waals surface area contributed by atoms with E-state index in [1.807, 2.05) is 18.2 Å². The number of hydrogen-bond donors (Lipinski definition) is 1. The lowest BCUT2D eigenvalue weighted by Gasteiger charge is -2.54. The largest absolute Gasteiger partial charge is 0.455 e. The van der Waals surface area contributed by atoms with Crippen LogP contribution in [0.1, 0.15) is 68.7 Å². The molecule has 6 rings (SSSR count). The Labute approximate surface area is 201 Å². The second-order valence-corrected chi connectivity index (χ2v) is 10.4. The Morgan fingerprint density at radius 3 is 2.35 bits per heavy atom. The molecule has 4 heterocycles. The maximum absolute atomic E-state index is 14.0. The molecule has 1 saturated carbocycles. The number of amides is 1. The van der Waals surface area contributed by atoms with E-state index in [2.05, 4.69) is 22.1 Å². The molecule has 1 aliphatic carbocycles. The molecule has 180 valence electrons. The summed E-state index contributed by atoms with van der Waals surface area (Å²) < 4.78 is 6.94. The maximum Gasteiger partial charge on any atom is 0.317 e. The summed E-state index contributed by atoms with van der Waals surface area (Å²) in [5.74, 6) is -0.134. The average molecular weight is 464 g/mol. The SMILES string of the molecule is NC(=O)C(c1ccncn1)[N+]12CCC(CC1)[C@@H](OC(=O)C1(c3ccccc3)CCCCCC1)C2. The zero-order valence-corrected chi connectivity index (χ0v) is 19.8. The molecule has 3 saturated heterocycles. The Morgan fingerprint density at radius 1 is 1.03 bits per heavy atom. The molecule has 7 heteroatoms. The summed E-state index contributed by atoms with van der Waals surface area (Å²) >= 11 is 0. The van der Waals surface area contributed by atoms with Crippen LogP contribution in [0.5, 0.6) is 0 Å². The highest BCUT2D eigenvalue weighted by Gasteiger charge is 2.55. The summed E-state index contributed by atoms with van der Waals surface area (Å²) in [6.45, 7) is 2.30. The molecule has 1 aromatic heterocycles. The van der Waals surface area contributed by atoms with Crippen molar-refractivity contribution >= 4 is 11.9 Å². The maximum atomic E-state index is 14.0. The molecule has 1 unspecified atom stereocenters. The molecule has 4 aliphatic rings. The van der Waals surface area contributed by atoms with Gasteiger partial charge in [-0.05, 0) is 24.5 Å². The van der Waals surface area contributed by atoms with Gasteiger partial charge >= 0.3 is 5.97 Å². The van der Waals surface area contributed by atoms with Gasteiger partial charge in [-0.3, -0.25) is 9.59 Å². The molecule has 0 spiro atoms. The number of benzene rings is 1. The molecule has 2 N–H and O–H groups in total. The molecule has 1 aromatic carbocycles. The number of piperidine rings is 3. The third kappa shape index (κ3) is 4.11. The van der Waals surface area contributed by atoms with Crippen LogP contribution in [0.2, 0.25) is 0 Å². The van der Waals surface area contributed by atoms with E-state index in [0.717, 1.165) is 70.0 Å². The minimum atomic E-state index is -0.579. The smallest absolute Gasteiger partial charge is 0.317 e. The van der Waals surface area contributed by atoms with Gasteiger partial charge in [0, 0.05) is 25.0 Å². The quantitative estimate of drug-likeness (QED) is 0.402. The highest BCUT2D eigenvalue weighted by atomic mass is 16.5. The highest BCUT2D eigenvalue weighted by Crippen LogP contribution is 2.44. The molecule has 34 heavy (non-hydrogen) atoms. The first-order chi connectivity index (χ1) is 16.5. The van der Waals surface area contributed by atoms with Crippen molar-refractivity contribution in [3.8, 4) is 0 Å². The Hall–Kier alpha value is -2.80. The van der Waals surface area contributed by atoms with Gasteiger partial charge in [-0.2, -0.15) is 0 Å². The minimum Gasteiger partial charge on any atom is -0.455 e. The zero-order chi connectivity index (χ0) is 23.6. The predicted molar refractivity (Wildman–Crippen MR) is 127 cm³/mol. The van der Waals surface area contributed by atoms with Crippen LogP contribution in [0.4, 0.5) is 0 Å². The molecule has 2 bridgehead atoms. The van der Waals surface area contributed by atoms with Gasteiger partial charge < -0.3 is 15.0 Å². The van der Waals surface area contributed by atoms with Crippen LogP contribution in [-0.2, 0) is 19.7 Å². The molecule has 4 fully saturated rings. The molecule has 0 radical (unpaired) electrons. The van der Waals surface area contributed by atoms with Gasteiger partial charge in [-0.25, -0.2) is 9.97 Å². The van der Waals surface area contributed by atoms with E-state index in [4.69, 9.17) is 10.5 Å². The first kappa shape index (κ1) is 23.0. The van der Waals surface area contributed by atoms with Crippen LogP contribution in [-0.4, -0.2) is 52.1 Å². The molecule has 2 aromatic rings. The van der Waals surface area contributed by atoms with E-state index in [1.54, 1.807) is 12.3 Å². The standard InChI is InChI=1S/C27H34N4O3/c28-25(32)24(22-10-15-29-19-30-22)31-16-11-20(12-17-31)23(18-31)34-26(33)27(13-6-1-2-7-14-27)21-8-4-3-5-9-21/h3-5,8-10,15,19-20,23-24H,1-2,6-7,11-14,16-18H2,(H-,28,32)/p+1/t20?,23-,24?,31?/m0/s1. The fourth-order valence-electron chi connectivity index (χ4n) is 6.77. The van der Waals surface area contributed by atoms with E-state index < -0.39 is 11.5 Å². The number of fused-ring (bicyclic) bond motifs is 3. The summed E-state index contributed by atoms with van der Waals surface area (Å²) in [6, 6.07) is 11.4. The zero-order valence-electron chi connectivity index (χ0n) is 19.8. The number of nitrogens with zero attached hydrogens (tertiary/aromatic N) is 3. The Kier molecular flexibility index (Phi) is 6.38. The number of nitrogens with two attached hydrogens (primary N) is 1. The van der Waals surface area contributed by atoms with Crippen LogP contribution in [0.3, 0.4) is 0 Å². The molecule has 7 nitrogen and oxygen atoms in total. The van der Waals surface area contributed by atoms with Crippen LogP contribution < -0.4 is 5.73 Å². The fourth-order valence-corrected chi connectivity index (χ4v) is 6.77. The third-order valence-corrected chi connectivity index (χ3v) is 8.59. The van der Waals surface area contributed by atoms with Crippen molar-refractivity contribution in [2.24, 2.45) is 11.7 Å². The summed E-state index contributed by atoms with van der Waals surface area (Å²) in [7, 11) is 0. The van der Waals surface area contributed by atoms with Crippen LogP contribution >= 0.6 is 0 Å². The van der Waals surface area contributed by atoms with Crippen LogP contribution in [0, 0.1) is 5.92 Å². The van der Waals surface area contributed by atoms with Gasteiger partial charge in [0.25, 0.3) is 5.91 Å². The van der Waals surface area contributed by atoms with Gasteiger partial charge in [0.15, 0.2) is 6.10 Å². The van der Waals surface area contributed by atoms with Crippen molar-refractivity contribution in [1.29, 1.82) is 0 Å². The Bertz CT molecular complexity index is 997. The summed E-state index contributed by atoms with van der Waals surface area (Å²) in [6.07, 6.45) is 10.8. The van der Waals surface area contributed by atoms with Crippen molar-refractivity contribution in [2.45, 2.75) is 68.9 Å². The molecule has 1 amide bonds. The number of rotatable bonds is 6. The summed E-state index contributed by atoms with van der Waals surface area (Å²) in [4.78, 5) is 35.0. The second kappa shape index (κ2) is 9.45. The first-order valence-corrected chi connectivity index (χ1v) is 12.7. The minimum absolute atomic E-state index is 0.0878. The Balaban J connectivity index is 1.42. The number of aromatic nitrogens is 2. The summed E-state index contributed by atoms with van der Waals surface area (Å²) in [5.41, 5.74) is 7.08. The van der Waals surface area contributed by atoms with E-state index in [-0.39, 0.29) is 18.0 Å². The van der Waals surface area contributed by atoms with E-state index in [0.29, 0.717) is 22.6 Å². The monoisotopic (exact) mass is 463 g/mol. The topological polar surface area (TPSA) is 95.2 Å². The number of esters is 1. The highest BCUT2D eigenvalue weighted by molar-refractivity contribution is 5.83. The first-order valence-electron chi connectivity index (χ1n) is 12.7. The van der Waals surface area contributed by atoms with Gasteiger partial charge in [0.2, 0.25) is 6.04 Å². The van der Waals surface area contributed by atoms with Crippen molar-refractivity contribution in [3.05, 3.63) is 60.2 Å². The van der Waals surface area contributed by atoms with Crippen molar-refractivity contribution < 1.29 is 18.8 Å². The number of carbonyl (C=O) groups excluding carboxylic acids is 2. The van der Waals surface area contributed by atoms with Crippen molar-refractivity contribution in [1.82, 2.24) is 9.97 Å². The normalized spacial score (nSPS) is 29.1. The molecule has 3 aliphatic heterocycles. The lowest BCUT2D eigenvalue weighted by Crippen LogP contribution is -2.67. The third-order valence-electron chi connectivity index (χ3n) is 8.59. The number of hydrogen-bond acceptors (Lipinski definition) is 5. The predicted octanol–water partition coefficient (Wildman–Crippen LogP) is 3.45. The van der Waals surface area contributed by atoms with Gasteiger partial charge in [0.05, 0.1) is 18.5 Å². The molecular weight excluding hydrogens is 428 g/mol.